The van der Waals surface area contributed by atoms with E-state index in [0.717, 1.165) is 5.69 Å². The quantitative estimate of drug-likeness (QED) is 0.352. The number of amides is 1. The van der Waals surface area contributed by atoms with Crippen LogP contribution in [0.4, 0.5) is 5.69 Å². The number of ketones is 1. The Hall–Kier alpha value is -4.20. The summed E-state index contributed by atoms with van der Waals surface area (Å²) in [5.74, 6) is -0.128. The van der Waals surface area contributed by atoms with Gasteiger partial charge in [0.05, 0.1) is 24.4 Å². The van der Waals surface area contributed by atoms with Gasteiger partial charge >= 0.3 is 0 Å². The van der Waals surface area contributed by atoms with Gasteiger partial charge in [0.2, 0.25) is 0 Å². The second kappa shape index (κ2) is 8.62. The molecule has 8 heteroatoms. The predicted molar refractivity (Wildman–Crippen MR) is 125 cm³/mol. The molecule has 1 saturated heterocycles. The minimum atomic E-state index is -0.783. The zero-order chi connectivity index (χ0) is 23.8. The van der Waals surface area contributed by atoms with Crippen LogP contribution in [0.15, 0.2) is 70.9 Å². The number of hydrogen-bond donors (Lipinski definition) is 1. The number of aliphatic hydroxyl groups is 1. The molecule has 0 spiro atoms. The number of benzene rings is 2. The number of furan rings is 1. The fraction of sp³-hybridized carbons (Fsp3) is 0.231. The van der Waals surface area contributed by atoms with E-state index in [4.69, 9.17) is 13.9 Å². The molecule has 34 heavy (non-hydrogen) atoms. The molecule has 2 aromatic carbocycles. The Bertz CT molecular complexity index is 1260. The Morgan fingerprint density at radius 3 is 2.44 bits per heavy atom. The zero-order valence-electron chi connectivity index (χ0n) is 18.9. The van der Waals surface area contributed by atoms with Gasteiger partial charge < -0.3 is 28.8 Å². The van der Waals surface area contributed by atoms with Crippen LogP contribution in [-0.2, 0) is 16.1 Å². The largest absolute Gasteiger partial charge is 0.507 e. The van der Waals surface area contributed by atoms with Gasteiger partial charge in [0.15, 0.2) is 11.5 Å². The molecule has 1 fully saturated rings. The van der Waals surface area contributed by atoms with Crippen molar-refractivity contribution in [2.75, 3.05) is 32.2 Å². The van der Waals surface area contributed by atoms with Crippen LogP contribution in [0, 0.1) is 0 Å². The van der Waals surface area contributed by atoms with E-state index in [0.29, 0.717) is 41.6 Å². The van der Waals surface area contributed by atoms with Crippen LogP contribution in [0.1, 0.15) is 22.9 Å². The molecule has 2 aliphatic heterocycles. The molecule has 0 saturated carbocycles. The lowest BCUT2D eigenvalue weighted by atomic mass is 9.95. The van der Waals surface area contributed by atoms with Crippen molar-refractivity contribution in [1.29, 1.82) is 0 Å². The monoisotopic (exact) mass is 460 g/mol. The van der Waals surface area contributed by atoms with Crippen molar-refractivity contribution in [3.05, 3.63) is 83.3 Å². The minimum absolute atomic E-state index is 0.0193. The molecular weight excluding hydrogens is 436 g/mol. The molecule has 8 nitrogen and oxygen atoms in total. The summed E-state index contributed by atoms with van der Waals surface area (Å²) in [5.41, 5.74) is 2.06. The molecule has 3 aromatic rings. The molecule has 2 aliphatic rings. The van der Waals surface area contributed by atoms with Gasteiger partial charge in [-0.15, -0.1) is 0 Å². The van der Waals surface area contributed by atoms with Gasteiger partial charge in [-0.25, -0.2) is 0 Å². The number of Topliss-reactive ketones (excluding diaryl/α,β-unsaturated/α-hetero) is 1. The van der Waals surface area contributed by atoms with E-state index in [1.54, 1.807) is 30.3 Å². The topological polar surface area (TPSA) is 92.5 Å². The highest BCUT2D eigenvalue weighted by atomic mass is 16.6. The van der Waals surface area contributed by atoms with Crippen LogP contribution in [0.3, 0.4) is 0 Å². The molecule has 1 N–H and O–H groups in total. The van der Waals surface area contributed by atoms with Crippen LogP contribution in [0.5, 0.6) is 11.5 Å². The van der Waals surface area contributed by atoms with Crippen LogP contribution >= 0.6 is 0 Å². The van der Waals surface area contributed by atoms with Crippen LogP contribution in [0.25, 0.3) is 5.76 Å². The number of nitrogens with zero attached hydrogens (tertiary/aromatic N) is 2. The third-order valence-corrected chi connectivity index (χ3v) is 5.99. The van der Waals surface area contributed by atoms with Crippen molar-refractivity contribution >= 4 is 23.1 Å². The number of carbonyl (C=O) groups excluding carboxylic acids is 2. The SMILES string of the molecule is CN(C)c1ccc([C@@H]2/C(=C(\O)c3ccc4c(c3)OCCO4)C(=O)C(=O)N2Cc2ccco2)cc1. The van der Waals surface area contributed by atoms with E-state index in [2.05, 4.69) is 0 Å². The lowest BCUT2D eigenvalue weighted by molar-refractivity contribution is -0.140. The predicted octanol–water partition coefficient (Wildman–Crippen LogP) is 3.74. The van der Waals surface area contributed by atoms with Crippen molar-refractivity contribution in [3.63, 3.8) is 0 Å². The number of carbonyl (C=O) groups is 2. The molecule has 1 aromatic heterocycles. The smallest absolute Gasteiger partial charge is 0.296 e. The molecule has 0 unspecified atom stereocenters. The average molecular weight is 460 g/mol. The van der Waals surface area contributed by atoms with E-state index in [1.165, 1.54) is 11.2 Å². The summed E-state index contributed by atoms with van der Waals surface area (Å²) in [4.78, 5) is 29.7. The first kappa shape index (κ1) is 21.6. The van der Waals surface area contributed by atoms with Gasteiger partial charge in [-0.3, -0.25) is 9.59 Å². The van der Waals surface area contributed by atoms with E-state index in [9.17, 15) is 14.7 Å². The van der Waals surface area contributed by atoms with Gasteiger partial charge in [-0.2, -0.15) is 0 Å². The Kier molecular flexibility index (Phi) is 5.49. The van der Waals surface area contributed by atoms with Crippen molar-refractivity contribution in [1.82, 2.24) is 4.90 Å². The van der Waals surface area contributed by atoms with Crippen molar-refractivity contribution in [3.8, 4) is 11.5 Å². The number of likely N-dealkylation sites (tertiary alicyclic amines) is 1. The second-order valence-corrected chi connectivity index (χ2v) is 8.35. The van der Waals surface area contributed by atoms with Crippen LogP contribution in [-0.4, -0.2) is 49.0 Å². The maximum Gasteiger partial charge on any atom is 0.296 e. The first-order valence-electron chi connectivity index (χ1n) is 10.9. The lowest BCUT2D eigenvalue weighted by Gasteiger charge is -2.25. The maximum absolute atomic E-state index is 13.2. The normalized spacial score (nSPS) is 18.9. The molecule has 1 atom stereocenters. The molecule has 3 heterocycles. The zero-order valence-corrected chi connectivity index (χ0v) is 18.9. The fourth-order valence-electron chi connectivity index (χ4n) is 4.26. The third kappa shape index (κ3) is 3.77. The molecule has 0 radical (unpaired) electrons. The van der Waals surface area contributed by atoms with E-state index < -0.39 is 17.7 Å². The highest BCUT2D eigenvalue weighted by molar-refractivity contribution is 6.46. The first-order valence-corrected chi connectivity index (χ1v) is 10.9. The van der Waals surface area contributed by atoms with Crippen LogP contribution in [0.2, 0.25) is 0 Å². The Balaban J connectivity index is 1.62. The van der Waals surface area contributed by atoms with E-state index in [1.807, 2.05) is 43.3 Å². The molecule has 174 valence electrons. The average Bonchev–Trinajstić information content (AvgIpc) is 3.46. The number of hydrogen-bond acceptors (Lipinski definition) is 7. The van der Waals surface area contributed by atoms with Crippen molar-refractivity contribution in [2.24, 2.45) is 0 Å². The summed E-state index contributed by atoms with van der Waals surface area (Å²) in [6.45, 7) is 0.928. The number of rotatable bonds is 5. The molecular formula is C26H24N2O6. The number of aliphatic hydroxyl groups excluding tert-OH is 1. The first-order chi connectivity index (χ1) is 16.4. The van der Waals surface area contributed by atoms with Gasteiger partial charge in [-0.05, 0) is 48.0 Å². The molecule has 1 amide bonds. The van der Waals surface area contributed by atoms with Gasteiger partial charge in [0.1, 0.15) is 24.7 Å². The summed E-state index contributed by atoms with van der Waals surface area (Å²) in [6.07, 6.45) is 1.52. The molecule has 0 bridgehead atoms. The Labute approximate surface area is 196 Å². The highest BCUT2D eigenvalue weighted by Gasteiger charge is 2.46. The highest BCUT2D eigenvalue weighted by Crippen LogP contribution is 2.42. The number of fused-ring (bicyclic) bond motifs is 1. The summed E-state index contributed by atoms with van der Waals surface area (Å²) < 4.78 is 16.6. The van der Waals surface area contributed by atoms with Gasteiger partial charge in [0.25, 0.3) is 11.7 Å². The van der Waals surface area contributed by atoms with Gasteiger partial charge in [0, 0.05) is 25.3 Å². The minimum Gasteiger partial charge on any atom is -0.507 e. The summed E-state index contributed by atoms with van der Waals surface area (Å²) >= 11 is 0. The van der Waals surface area contributed by atoms with E-state index in [-0.39, 0.29) is 17.9 Å². The summed E-state index contributed by atoms with van der Waals surface area (Å²) in [7, 11) is 3.86. The Morgan fingerprint density at radius 2 is 1.76 bits per heavy atom. The second-order valence-electron chi connectivity index (χ2n) is 8.35. The third-order valence-electron chi connectivity index (χ3n) is 5.99. The fourth-order valence-corrected chi connectivity index (χ4v) is 4.26. The lowest BCUT2D eigenvalue weighted by Crippen LogP contribution is -2.29. The summed E-state index contributed by atoms with van der Waals surface area (Å²) in [5, 5.41) is 11.3. The van der Waals surface area contributed by atoms with E-state index >= 15 is 0 Å². The molecule has 0 aliphatic carbocycles. The standard InChI is InChI=1S/C26H24N2O6/c1-27(2)18-8-5-16(6-9-18)23-22(25(30)26(31)28(23)15-19-4-3-11-32-19)24(29)17-7-10-20-21(14-17)34-13-12-33-20/h3-11,14,23,29H,12-13,15H2,1-2H3/b24-22+/t23-/m1/s1. The van der Waals surface area contributed by atoms with Crippen molar-refractivity contribution < 1.29 is 28.6 Å². The summed E-state index contributed by atoms with van der Waals surface area (Å²) in [6, 6.07) is 15.2. The van der Waals surface area contributed by atoms with Gasteiger partial charge in [-0.1, -0.05) is 12.1 Å². The van der Waals surface area contributed by atoms with Crippen molar-refractivity contribution in [2.45, 2.75) is 12.6 Å². The molecule has 5 rings (SSSR count). The maximum atomic E-state index is 13.2. The number of ether oxygens (including phenoxy) is 2. The van der Waals surface area contributed by atoms with Crippen LogP contribution < -0.4 is 14.4 Å². The Morgan fingerprint density at radius 1 is 1.03 bits per heavy atom. The number of anilines is 1.